The molecule has 0 heterocycles. The molecule has 2 nitrogen and oxygen atoms in total. The van der Waals surface area contributed by atoms with Crippen molar-refractivity contribution in [3.63, 3.8) is 0 Å². The summed E-state index contributed by atoms with van der Waals surface area (Å²) in [6.45, 7) is 1.31. The van der Waals surface area contributed by atoms with Crippen LogP contribution in [0.2, 0.25) is 0 Å². The van der Waals surface area contributed by atoms with E-state index in [2.05, 4.69) is 0 Å². The van der Waals surface area contributed by atoms with Crippen molar-refractivity contribution >= 4 is 0 Å². The third kappa shape index (κ3) is 1.49. The monoisotopic (exact) mass is 156 g/mol. The molecule has 0 spiro atoms. The van der Waals surface area contributed by atoms with E-state index in [9.17, 15) is 4.39 Å². The molecule has 2 N–H and O–H groups in total. The topological polar surface area (TPSA) is 40.5 Å². The number of benzene rings is 1. The Morgan fingerprint density at radius 2 is 2.09 bits per heavy atom. The van der Waals surface area contributed by atoms with Crippen LogP contribution >= 0.6 is 0 Å². The number of rotatable bonds is 1. The molecule has 1 aromatic rings. The average Bonchev–Trinajstić information content (AvgIpc) is 1.97. The third-order valence-corrected chi connectivity index (χ3v) is 1.54. The second-order valence-electron chi connectivity index (χ2n) is 2.39. The van der Waals surface area contributed by atoms with Gasteiger partial charge < -0.3 is 10.2 Å². The van der Waals surface area contributed by atoms with Gasteiger partial charge in [0.1, 0.15) is 11.6 Å². The van der Waals surface area contributed by atoms with E-state index in [1.807, 2.05) is 0 Å². The van der Waals surface area contributed by atoms with Crippen molar-refractivity contribution in [2.45, 2.75) is 13.5 Å². The van der Waals surface area contributed by atoms with Crippen LogP contribution in [0.25, 0.3) is 0 Å². The summed E-state index contributed by atoms with van der Waals surface area (Å²) < 4.78 is 12.7. The number of aliphatic hydroxyl groups excluding tert-OH is 1. The molecule has 0 unspecified atom stereocenters. The van der Waals surface area contributed by atoms with Crippen molar-refractivity contribution in [1.29, 1.82) is 0 Å². The minimum atomic E-state index is -0.574. The van der Waals surface area contributed by atoms with E-state index >= 15 is 0 Å². The molecule has 0 aliphatic rings. The fourth-order valence-electron chi connectivity index (χ4n) is 0.852. The molecule has 1 aromatic carbocycles. The number of phenolic OH excluding ortho intramolecular Hbond substituents is 1. The molecule has 0 aliphatic carbocycles. The Morgan fingerprint density at radius 3 is 2.64 bits per heavy atom. The summed E-state index contributed by atoms with van der Waals surface area (Å²) >= 11 is 0. The quantitative estimate of drug-likeness (QED) is 0.644. The highest BCUT2D eigenvalue weighted by Crippen LogP contribution is 2.20. The molecule has 0 aliphatic heterocycles. The molecule has 0 fully saturated rings. The first-order valence-electron chi connectivity index (χ1n) is 3.24. The van der Waals surface area contributed by atoms with Crippen LogP contribution in [0.4, 0.5) is 4.39 Å². The highest BCUT2D eigenvalue weighted by molar-refractivity contribution is 5.35. The van der Waals surface area contributed by atoms with E-state index in [1.54, 1.807) is 6.92 Å². The molecular formula is C8H9FO2. The summed E-state index contributed by atoms with van der Waals surface area (Å²) in [5, 5.41) is 17.6. The summed E-state index contributed by atoms with van der Waals surface area (Å²) in [7, 11) is 0. The largest absolute Gasteiger partial charge is 0.508 e. The van der Waals surface area contributed by atoms with Crippen LogP contribution in [-0.2, 0) is 6.61 Å². The second-order valence-corrected chi connectivity index (χ2v) is 2.39. The highest BCUT2D eigenvalue weighted by atomic mass is 19.1. The first kappa shape index (κ1) is 8.01. The van der Waals surface area contributed by atoms with E-state index in [-0.39, 0.29) is 17.9 Å². The van der Waals surface area contributed by atoms with Crippen molar-refractivity contribution < 1.29 is 14.6 Å². The van der Waals surface area contributed by atoms with Crippen molar-refractivity contribution in [1.82, 2.24) is 0 Å². The molecule has 0 radical (unpaired) electrons. The van der Waals surface area contributed by atoms with Gasteiger partial charge in [-0.3, -0.25) is 0 Å². The molecular weight excluding hydrogens is 147 g/mol. The zero-order chi connectivity index (χ0) is 8.43. The summed E-state index contributed by atoms with van der Waals surface area (Å²) in [6.07, 6.45) is 0. The van der Waals surface area contributed by atoms with E-state index in [1.165, 1.54) is 6.07 Å². The van der Waals surface area contributed by atoms with Crippen LogP contribution < -0.4 is 0 Å². The Hall–Kier alpha value is -1.09. The van der Waals surface area contributed by atoms with Gasteiger partial charge in [-0.2, -0.15) is 0 Å². The zero-order valence-corrected chi connectivity index (χ0v) is 6.13. The van der Waals surface area contributed by atoms with E-state index in [4.69, 9.17) is 10.2 Å². The predicted octanol–water partition coefficient (Wildman–Crippen LogP) is 1.33. The lowest BCUT2D eigenvalue weighted by atomic mass is 10.1. The lowest BCUT2D eigenvalue weighted by Crippen LogP contribution is -1.90. The number of aromatic hydroxyl groups is 1. The number of aryl methyl sites for hydroxylation is 1. The van der Waals surface area contributed by atoms with E-state index in [0.717, 1.165) is 6.07 Å². The molecule has 0 saturated carbocycles. The van der Waals surface area contributed by atoms with Crippen LogP contribution in [0.5, 0.6) is 5.75 Å². The van der Waals surface area contributed by atoms with E-state index in [0.29, 0.717) is 5.56 Å². The maximum atomic E-state index is 12.7. The molecule has 0 bridgehead atoms. The SMILES string of the molecule is Cc1cc(CO)c(F)cc1O. The van der Waals surface area contributed by atoms with Crippen molar-refractivity contribution in [2.24, 2.45) is 0 Å². The number of halogens is 1. The maximum absolute atomic E-state index is 12.7. The van der Waals surface area contributed by atoms with Gasteiger partial charge in [-0.25, -0.2) is 4.39 Å². The van der Waals surface area contributed by atoms with Gasteiger partial charge in [0.15, 0.2) is 0 Å². The van der Waals surface area contributed by atoms with Crippen molar-refractivity contribution in [2.75, 3.05) is 0 Å². The average molecular weight is 156 g/mol. The van der Waals surface area contributed by atoms with Gasteiger partial charge in [0, 0.05) is 11.6 Å². The molecule has 11 heavy (non-hydrogen) atoms. The first-order chi connectivity index (χ1) is 5.15. The van der Waals surface area contributed by atoms with E-state index < -0.39 is 5.82 Å². The van der Waals surface area contributed by atoms with Gasteiger partial charge in [0.05, 0.1) is 6.61 Å². The normalized spacial score (nSPS) is 10.1. The lowest BCUT2D eigenvalue weighted by Gasteiger charge is -2.02. The number of phenols is 1. The van der Waals surface area contributed by atoms with Gasteiger partial charge in [-0.15, -0.1) is 0 Å². The highest BCUT2D eigenvalue weighted by Gasteiger charge is 2.04. The van der Waals surface area contributed by atoms with Gasteiger partial charge in [0.2, 0.25) is 0 Å². The third-order valence-electron chi connectivity index (χ3n) is 1.54. The summed E-state index contributed by atoms with van der Waals surface area (Å²) in [5.74, 6) is -0.657. The van der Waals surface area contributed by atoms with Crippen LogP contribution in [0, 0.1) is 12.7 Å². The Balaban J connectivity index is 3.21. The molecule has 0 aromatic heterocycles. The smallest absolute Gasteiger partial charge is 0.132 e. The van der Waals surface area contributed by atoms with Crippen LogP contribution in [-0.4, -0.2) is 10.2 Å². The standard InChI is InChI=1S/C8H9FO2/c1-5-2-6(4-10)7(9)3-8(5)11/h2-3,10-11H,4H2,1H3. The second kappa shape index (κ2) is 2.88. The molecule has 1 rings (SSSR count). The van der Waals surface area contributed by atoms with Crippen molar-refractivity contribution in [3.8, 4) is 5.75 Å². The first-order valence-corrected chi connectivity index (χ1v) is 3.24. The molecule has 0 amide bonds. The summed E-state index contributed by atoms with van der Waals surface area (Å²) in [5.41, 5.74) is 0.774. The fourth-order valence-corrected chi connectivity index (χ4v) is 0.852. The van der Waals surface area contributed by atoms with Crippen LogP contribution in [0.15, 0.2) is 12.1 Å². The van der Waals surface area contributed by atoms with Gasteiger partial charge in [-0.1, -0.05) is 0 Å². The molecule has 0 atom stereocenters. The van der Waals surface area contributed by atoms with Gasteiger partial charge >= 0.3 is 0 Å². The summed E-state index contributed by atoms with van der Waals surface area (Å²) in [6, 6.07) is 2.42. The number of aliphatic hydroxyl groups is 1. The minimum Gasteiger partial charge on any atom is -0.508 e. The Labute approximate surface area is 63.9 Å². The summed E-state index contributed by atoms with van der Waals surface area (Å²) in [4.78, 5) is 0. The lowest BCUT2D eigenvalue weighted by molar-refractivity contribution is 0.275. The molecule has 3 heteroatoms. The van der Waals surface area contributed by atoms with Gasteiger partial charge in [0.25, 0.3) is 0 Å². The fraction of sp³-hybridized carbons (Fsp3) is 0.250. The molecule has 60 valence electrons. The van der Waals surface area contributed by atoms with Gasteiger partial charge in [-0.05, 0) is 18.6 Å². The zero-order valence-electron chi connectivity index (χ0n) is 6.13. The number of hydrogen-bond acceptors (Lipinski definition) is 2. The Morgan fingerprint density at radius 1 is 1.45 bits per heavy atom. The predicted molar refractivity (Wildman–Crippen MR) is 38.7 cm³/mol. The maximum Gasteiger partial charge on any atom is 0.132 e. The molecule has 0 saturated heterocycles. The Kier molecular flexibility index (Phi) is 2.10. The Bertz CT molecular complexity index is 271. The van der Waals surface area contributed by atoms with Crippen molar-refractivity contribution in [3.05, 3.63) is 29.1 Å². The van der Waals surface area contributed by atoms with Crippen LogP contribution in [0.1, 0.15) is 11.1 Å². The number of hydrogen-bond donors (Lipinski definition) is 2. The minimum absolute atomic E-state index is 0.0836. The van der Waals surface area contributed by atoms with Crippen LogP contribution in [0.3, 0.4) is 0 Å².